The summed E-state index contributed by atoms with van der Waals surface area (Å²) in [4.78, 5) is 4.59. The summed E-state index contributed by atoms with van der Waals surface area (Å²) in [6, 6.07) is 9.64. The van der Waals surface area contributed by atoms with Gasteiger partial charge in [-0.25, -0.2) is 4.99 Å². The fourth-order valence-corrected chi connectivity index (χ4v) is 2.49. The van der Waals surface area contributed by atoms with Crippen molar-refractivity contribution in [3.05, 3.63) is 52.8 Å². The number of aryl methyl sites for hydroxylation is 1. The smallest absolute Gasteiger partial charge is 0.191 e. The van der Waals surface area contributed by atoms with Crippen molar-refractivity contribution in [1.82, 2.24) is 20.4 Å². The van der Waals surface area contributed by atoms with Crippen molar-refractivity contribution in [2.75, 3.05) is 20.2 Å². The Labute approximate surface area is 147 Å². The molecule has 1 heterocycles. The molecule has 0 saturated heterocycles. The number of guanidine groups is 1. The zero-order chi connectivity index (χ0) is 17.4. The van der Waals surface area contributed by atoms with Crippen LogP contribution >= 0.6 is 11.6 Å². The fourth-order valence-electron chi connectivity index (χ4n) is 2.29. The number of hydrogen-bond donors (Lipinski definition) is 2. The van der Waals surface area contributed by atoms with Gasteiger partial charge in [0.05, 0.1) is 18.3 Å². The monoisotopic (exact) mass is 349 g/mol. The number of hydrogen-bond acceptors (Lipinski definition) is 3. The summed E-state index contributed by atoms with van der Waals surface area (Å²) in [7, 11) is 3.60. The SMILES string of the molecule is CCNC(=NCc1ccnn1C)NCC(OC)c1cccc(Cl)c1. The van der Waals surface area contributed by atoms with Crippen LogP contribution in [0.3, 0.4) is 0 Å². The zero-order valence-electron chi connectivity index (χ0n) is 14.3. The summed E-state index contributed by atoms with van der Waals surface area (Å²) in [5.74, 6) is 0.739. The molecule has 2 rings (SSSR count). The van der Waals surface area contributed by atoms with Crippen molar-refractivity contribution in [3.63, 3.8) is 0 Å². The Morgan fingerprint density at radius 2 is 2.21 bits per heavy atom. The van der Waals surface area contributed by atoms with Gasteiger partial charge in [-0.1, -0.05) is 23.7 Å². The van der Waals surface area contributed by atoms with Crippen molar-refractivity contribution in [2.45, 2.75) is 19.6 Å². The standard InChI is InChI=1S/C17H24ClN5O/c1-4-19-17(20-11-15-8-9-22-23(15)2)21-12-16(24-3)13-6-5-7-14(18)10-13/h5-10,16H,4,11-12H2,1-3H3,(H2,19,20,21). The third kappa shape index (κ3) is 5.25. The first-order chi connectivity index (χ1) is 11.6. The van der Waals surface area contributed by atoms with E-state index in [1.165, 1.54) is 0 Å². The van der Waals surface area contributed by atoms with Crippen molar-refractivity contribution in [1.29, 1.82) is 0 Å². The van der Waals surface area contributed by atoms with Crippen LogP contribution in [-0.2, 0) is 18.3 Å². The van der Waals surface area contributed by atoms with Gasteiger partial charge in [-0.05, 0) is 30.7 Å². The molecule has 24 heavy (non-hydrogen) atoms. The molecule has 1 aromatic heterocycles. The number of halogens is 1. The highest BCUT2D eigenvalue weighted by atomic mass is 35.5. The highest BCUT2D eigenvalue weighted by Gasteiger charge is 2.11. The number of aliphatic imine (C=N–C) groups is 1. The van der Waals surface area contributed by atoms with E-state index < -0.39 is 0 Å². The van der Waals surface area contributed by atoms with E-state index in [9.17, 15) is 0 Å². The normalized spacial score (nSPS) is 12.9. The Balaban J connectivity index is 2.00. The van der Waals surface area contributed by atoms with Gasteiger partial charge in [0.15, 0.2) is 5.96 Å². The van der Waals surface area contributed by atoms with E-state index in [0.29, 0.717) is 18.1 Å². The molecule has 0 amide bonds. The van der Waals surface area contributed by atoms with Crippen LogP contribution in [0.5, 0.6) is 0 Å². The van der Waals surface area contributed by atoms with Gasteiger partial charge in [0.2, 0.25) is 0 Å². The van der Waals surface area contributed by atoms with Crippen molar-refractivity contribution >= 4 is 17.6 Å². The number of benzene rings is 1. The molecule has 0 saturated carbocycles. The summed E-state index contributed by atoms with van der Waals surface area (Å²) in [5.41, 5.74) is 2.07. The third-order valence-corrected chi connectivity index (χ3v) is 3.86. The van der Waals surface area contributed by atoms with Crippen LogP contribution in [0.25, 0.3) is 0 Å². The first-order valence-electron chi connectivity index (χ1n) is 7.91. The maximum Gasteiger partial charge on any atom is 0.191 e. The van der Waals surface area contributed by atoms with E-state index in [2.05, 4.69) is 20.7 Å². The number of aromatic nitrogens is 2. The molecular weight excluding hydrogens is 326 g/mol. The maximum atomic E-state index is 6.06. The summed E-state index contributed by atoms with van der Waals surface area (Å²) >= 11 is 6.06. The number of rotatable bonds is 7. The Morgan fingerprint density at radius 3 is 2.83 bits per heavy atom. The minimum absolute atomic E-state index is 0.107. The summed E-state index contributed by atoms with van der Waals surface area (Å²) < 4.78 is 7.39. The Morgan fingerprint density at radius 1 is 1.38 bits per heavy atom. The molecule has 0 aliphatic rings. The van der Waals surface area contributed by atoms with E-state index in [4.69, 9.17) is 16.3 Å². The second-order valence-corrected chi connectivity index (χ2v) is 5.74. The highest BCUT2D eigenvalue weighted by Crippen LogP contribution is 2.19. The van der Waals surface area contributed by atoms with Crippen LogP contribution in [0.4, 0.5) is 0 Å². The molecule has 0 bridgehead atoms. The van der Waals surface area contributed by atoms with Gasteiger partial charge in [0.1, 0.15) is 0 Å². The van der Waals surface area contributed by atoms with Crippen molar-refractivity contribution < 1.29 is 4.74 Å². The molecule has 0 aliphatic heterocycles. The predicted molar refractivity (Wildman–Crippen MR) is 97.2 cm³/mol. The average molecular weight is 350 g/mol. The van der Waals surface area contributed by atoms with Crippen LogP contribution in [0.2, 0.25) is 5.02 Å². The average Bonchev–Trinajstić information content (AvgIpc) is 2.98. The second-order valence-electron chi connectivity index (χ2n) is 5.30. The third-order valence-electron chi connectivity index (χ3n) is 3.63. The van der Waals surface area contributed by atoms with Gasteiger partial charge < -0.3 is 15.4 Å². The zero-order valence-corrected chi connectivity index (χ0v) is 15.0. The van der Waals surface area contributed by atoms with E-state index in [1.807, 2.05) is 49.0 Å². The quantitative estimate of drug-likeness (QED) is 0.595. The molecule has 1 atom stereocenters. The van der Waals surface area contributed by atoms with Crippen LogP contribution in [0.1, 0.15) is 24.3 Å². The molecule has 7 heteroatoms. The second kappa shape index (κ2) is 9.30. The number of ether oxygens (including phenoxy) is 1. The minimum Gasteiger partial charge on any atom is -0.375 e. The molecule has 130 valence electrons. The van der Waals surface area contributed by atoms with Crippen molar-refractivity contribution in [3.8, 4) is 0 Å². The van der Waals surface area contributed by atoms with Crippen LogP contribution < -0.4 is 10.6 Å². The largest absolute Gasteiger partial charge is 0.375 e. The number of methoxy groups -OCH3 is 1. The molecule has 0 fully saturated rings. The molecule has 0 spiro atoms. The summed E-state index contributed by atoms with van der Waals surface area (Å²) in [6.07, 6.45) is 1.66. The maximum absolute atomic E-state index is 6.06. The van der Waals surface area contributed by atoms with E-state index in [-0.39, 0.29) is 6.10 Å². The van der Waals surface area contributed by atoms with E-state index >= 15 is 0 Å². The molecule has 0 aliphatic carbocycles. The van der Waals surface area contributed by atoms with Crippen LogP contribution in [0, 0.1) is 0 Å². The minimum atomic E-state index is -0.107. The Bertz CT molecular complexity index is 671. The number of nitrogens with one attached hydrogen (secondary N) is 2. The fraction of sp³-hybridized carbons (Fsp3) is 0.412. The highest BCUT2D eigenvalue weighted by molar-refractivity contribution is 6.30. The molecule has 2 aromatic rings. The Kier molecular flexibility index (Phi) is 7.08. The lowest BCUT2D eigenvalue weighted by Gasteiger charge is -2.19. The lowest BCUT2D eigenvalue weighted by molar-refractivity contribution is 0.106. The molecule has 0 radical (unpaired) electrons. The molecule has 6 nitrogen and oxygen atoms in total. The van der Waals surface area contributed by atoms with E-state index in [0.717, 1.165) is 23.8 Å². The first kappa shape index (κ1) is 18.3. The van der Waals surface area contributed by atoms with Gasteiger partial charge in [0, 0.05) is 38.5 Å². The molecular formula is C17H24ClN5O. The van der Waals surface area contributed by atoms with Gasteiger partial charge in [-0.15, -0.1) is 0 Å². The summed E-state index contributed by atoms with van der Waals surface area (Å²) in [6.45, 7) is 3.97. The van der Waals surface area contributed by atoms with Crippen LogP contribution in [-0.4, -0.2) is 35.9 Å². The van der Waals surface area contributed by atoms with Gasteiger partial charge in [-0.3, -0.25) is 4.68 Å². The van der Waals surface area contributed by atoms with Gasteiger partial charge in [0.25, 0.3) is 0 Å². The topological polar surface area (TPSA) is 63.5 Å². The Hall–Kier alpha value is -2.05. The molecule has 1 unspecified atom stereocenters. The molecule has 2 N–H and O–H groups in total. The molecule has 1 aromatic carbocycles. The van der Waals surface area contributed by atoms with Gasteiger partial charge in [-0.2, -0.15) is 5.10 Å². The predicted octanol–water partition coefficient (Wildman–Crippen LogP) is 2.52. The lowest BCUT2D eigenvalue weighted by atomic mass is 10.1. The van der Waals surface area contributed by atoms with E-state index in [1.54, 1.807) is 13.3 Å². The summed E-state index contributed by atoms with van der Waals surface area (Å²) in [5, 5.41) is 11.4. The van der Waals surface area contributed by atoms with Gasteiger partial charge >= 0.3 is 0 Å². The lowest BCUT2D eigenvalue weighted by Crippen LogP contribution is -2.39. The number of nitrogens with zero attached hydrogens (tertiary/aromatic N) is 3. The first-order valence-corrected chi connectivity index (χ1v) is 8.29. The van der Waals surface area contributed by atoms with Crippen LogP contribution in [0.15, 0.2) is 41.5 Å². The van der Waals surface area contributed by atoms with Crippen molar-refractivity contribution in [2.24, 2.45) is 12.0 Å².